The Bertz CT molecular complexity index is 924. The lowest BCUT2D eigenvalue weighted by Crippen LogP contribution is -2.32. The van der Waals surface area contributed by atoms with Crippen molar-refractivity contribution in [3.05, 3.63) is 72.8 Å². The predicted octanol–water partition coefficient (Wildman–Crippen LogP) is 2.95. The third-order valence-electron chi connectivity index (χ3n) is 4.07. The minimum Gasteiger partial charge on any atom is -0.465 e. The molecule has 1 aromatic carbocycles. The third kappa shape index (κ3) is 3.72. The summed E-state index contributed by atoms with van der Waals surface area (Å²) in [4.78, 5) is 5.23. The van der Waals surface area contributed by atoms with Gasteiger partial charge in [0.2, 0.25) is 0 Å². The zero-order valence-electron chi connectivity index (χ0n) is 14.8. The van der Waals surface area contributed by atoms with Crippen LogP contribution in [0.1, 0.15) is 12.7 Å². The van der Waals surface area contributed by atoms with Crippen LogP contribution in [-0.2, 0) is 16.6 Å². The Hall–Kier alpha value is -2.80. The predicted molar refractivity (Wildman–Crippen MR) is 100 cm³/mol. The Balaban J connectivity index is 1.82. The molecule has 3 rings (SSSR count). The van der Waals surface area contributed by atoms with Gasteiger partial charge < -0.3 is 4.42 Å². The maximum atomic E-state index is 13.0. The van der Waals surface area contributed by atoms with E-state index in [9.17, 15) is 8.42 Å². The second-order valence-electron chi connectivity index (χ2n) is 5.85. The molecule has 7 heteroatoms. The van der Waals surface area contributed by atoms with Crippen molar-refractivity contribution >= 4 is 21.5 Å². The van der Waals surface area contributed by atoms with Crippen LogP contribution < -0.4 is 14.2 Å². The second kappa shape index (κ2) is 7.61. The summed E-state index contributed by atoms with van der Waals surface area (Å²) in [5.41, 5.74) is 0.647. The van der Waals surface area contributed by atoms with Gasteiger partial charge in [0.15, 0.2) is 0 Å². The third-order valence-corrected chi connectivity index (χ3v) is 5.97. The highest BCUT2D eigenvalue weighted by Crippen LogP contribution is 2.23. The Morgan fingerprint density at radius 3 is 2.38 bits per heavy atom. The van der Waals surface area contributed by atoms with E-state index < -0.39 is 10.0 Å². The molecule has 6 nitrogen and oxygen atoms in total. The lowest BCUT2D eigenvalue weighted by atomic mass is 10.3. The van der Waals surface area contributed by atoms with Crippen LogP contribution in [0.15, 0.2) is 76.4 Å². The molecule has 2 aromatic heterocycles. The van der Waals surface area contributed by atoms with Gasteiger partial charge in [-0.3, -0.25) is 9.21 Å². The molecule has 0 atom stereocenters. The van der Waals surface area contributed by atoms with Crippen LogP contribution in [0.3, 0.4) is 0 Å². The minimum absolute atomic E-state index is 0.221. The summed E-state index contributed by atoms with van der Waals surface area (Å²) in [5.74, 6) is 1.63. The molecule has 0 unspecified atom stereocenters. The molecule has 2 heterocycles. The van der Waals surface area contributed by atoms with Gasteiger partial charge in [-0.25, -0.2) is 13.4 Å². The van der Waals surface area contributed by atoms with Crippen molar-refractivity contribution in [2.45, 2.75) is 18.4 Å². The quantitative estimate of drug-likeness (QED) is 0.639. The minimum atomic E-state index is -3.63. The summed E-state index contributed by atoms with van der Waals surface area (Å²) in [6, 6.07) is 16.2. The standard InChI is InChI=1S/C19H21N3O3S/c1-3-22(16-8-5-4-6-9-16)26(23,24)18-11-12-19(20-14-18)21(2)15-17-10-7-13-25-17/h4-14H,3,15H2,1-2H3/p+1. The molecule has 0 amide bonds. The Morgan fingerprint density at radius 2 is 1.81 bits per heavy atom. The van der Waals surface area contributed by atoms with Crippen LogP contribution >= 0.6 is 0 Å². The Kier molecular flexibility index (Phi) is 5.27. The average molecular weight is 372 g/mol. The lowest BCUT2D eigenvalue weighted by Gasteiger charge is -2.22. The number of nitrogens with one attached hydrogen (secondary N) is 1. The lowest BCUT2D eigenvalue weighted by molar-refractivity contribution is -0.367. The maximum Gasteiger partial charge on any atom is 0.274 e. The highest BCUT2D eigenvalue weighted by atomic mass is 32.2. The molecule has 0 saturated carbocycles. The van der Waals surface area contributed by atoms with Gasteiger partial charge >= 0.3 is 0 Å². The van der Waals surface area contributed by atoms with Crippen molar-refractivity contribution < 1.29 is 17.8 Å². The molecule has 0 aliphatic heterocycles. The molecule has 3 aromatic rings. The largest absolute Gasteiger partial charge is 0.465 e. The fourth-order valence-corrected chi connectivity index (χ4v) is 4.18. The molecular formula is C19H22N3O3S+. The first-order valence-electron chi connectivity index (χ1n) is 8.35. The number of pyridine rings is 1. The highest BCUT2D eigenvalue weighted by molar-refractivity contribution is 7.92. The number of hydrogen-bond acceptors (Lipinski definition) is 4. The Labute approximate surface area is 153 Å². The van der Waals surface area contributed by atoms with E-state index in [0.29, 0.717) is 18.8 Å². The van der Waals surface area contributed by atoms with Crippen molar-refractivity contribution in [3.8, 4) is 0 Å². The summed E-state index contributed by atoms with van der Waals surface area (Å²) in [6.07, 6.45) is 3.15. The van der Waals surface area contributed by atoms with Crippen molar-refractivity contribution in [2.75, 3.05) is 22.8 Å². The number of H-pyrrole nitrogens is 1. The van der Waals surface area contributed by atoms with Crippen molar-refractivity contribution in [3.63, 3.8) is 0 Å². The molecule has 0 spiro atoms. The summed E-state index contributed by atoms with van der Waals surface area (Å²) >= 11 is 0. The van der Waals surface area contributed by atoms with Gasteiger partial charge in [0, 0.05) is 12.6 Å². The number of sulfonamides is 1. The van der Waals surface area contributed by atoms with Crippen molar-refractivity contribution in [1.29, 1.82) is 0 Å². The molecule has 0 radical (unpaired) electrons. The van der Waals surface area contributed by atoms with Gasteiger partial charge in [-0.1, -0.05) is 18.2 Å². The smallest absolute Gasteiger partial charge is 0.274 e. The topological polar surface area (TPSA) is 67.9 Å². The Morgan fingerprint density at radius 1 is 1.04 bits per heavy atom. The zero-order valence-corrected chi connectivity index (χ0v) is 15.6. The number of hydrogen-bond donors (Lipinski definition) is 0. The summed E-state index contributed by atoms with van der Waals surface area (Å²) in [6.45, 7) is 2.76. The molecular weight excluding hydrogens is 350 g/mol. The number of aromatic nitrogens is 1. The van der Waals surface area contributed by atoms with Crippen LogP contribution in [-0.4, -0.2) is 22.0 Å². The van der Waals surface area contributed by atoms with E-state index in [1.165, 1.54) is 10.5 Å². The van der Waals surface area contributed by atoms with E-state index >= 15 is 0 Å². The average Bonchev–Trinajstić information content (AvgIpc) is 3.16. The molecule has 1 N–H and O–H groups in total. The molecule has 0 saturated heterocycles. The number of furan rings is 1. The van der Waals surface area contributed by atoms with Crippen molar-refractivity contribution in [2.24, 2.45) is 0 Å². The number of aromatic amines is 1. The molecule has 0 aliphatic rings. The van der Waals surface area contributed by atoms with Gasteiger partial charge in [-0.15, -0.1) is 0 Å². The van der Waals surface area contributed by atoms with E-state index in [1.54, 1.807) is 30.5 Å². The number of benzene rings is 1. The number of rotatable bonds is 7. The van der Waals surface area contributed by atoms with E-state index in [0.717, 1.165) is 11.6 Å². The molecule has 136 valence electrons. The van der Waals surface area contributed by atoms with Crippen molar-refractivity contribution in [1.82, 2.24) is 0 Å². The van der Waals surface area contributed by atoms with Gasteiger partial charge in [0.05, 0.1) is 19.0 Å². The fourth-order valence-electron chi connectivity index (χ4n) is 2.73. The highest BCUT2D eigenvalue weighted by Gasteiger charge is 2.25. The van der Waals surface area contributed by atoms with Crippen LogP contribution in [0.4, 0.5) is 11.5 Å². The summed E-state index contributed by atoms with van der Waals surface area (Å²) in [5, 5.41) is 0. The number of anilines is 2. The zero-order chi connectivity index (χ0) is 18.6. The van der Waals surface area contributed by atoms with E-state index in [4.69, 9.17) is 4.42 Å². The van der Waals surface area contributed by atoms with Gasteiger partial charge in [-0.05, 0) is 37.3 Å². The summed E-state index contributed by atoms with van der Waals surface area (Å²) < 4.78 is 32.7. The van der Waals surface area contributed by atoms with Crippen LogP contribution in [0, 0.1) is 0 Å². The molecule has 26 heavy (non-hydrogen) atoms. The maximum absolute atomic E-state index is 13.0. The van der Waals surface area contributed by atoms with Crippen LogP contribution in [0.5, 0.6) is 0 Å². The molecule has 0 bridgehead atoms. The van der Waals surface area contributed by atoms with Crippen LogP contribution in [0.2, 0.25) is 0 Å². The van der Waals surface area contributed by atoms with Gasteiger partial charge in [0.1, 0.15) is 23.4 Å². The normalized spacial score (nSPS) is 11.3. The first-order chi connectivity index (χ1) is 12.5. The summed E-state index contributed by atoms with van der Waals surface area (Å²) in [7, 11) is -1.72. The monoisotopic (exact) mass is 372 g/mol. The first kappa shape index (κ1) is 18.0. The van der Waals surface area contributed by atoms with Gasteiger partial charge in [0.25, 0.3) is 15.8 Å². The van der Waals surface area contributed by atoms with E-state index in [-0.39, 0.29) is 4.90 Å². The van der Waals surface area contributed by atoms with Crippen LogP contribution in [0.25, 0.3) is 0 Å². The van der Waals surface area contributed by atoms with Gasteiger partial charge in [-0.2, -0.15) is 0 Å². The van der Waals surface area contributed by atoms with E-state index in [1.807, 2.05) is 49.2 Å². The SMILES string of the molecule is CCN(c1ccccc1)S(=O)(=O)c1ccc(N(C)Cc2ccco2)[nH+]c1. The molecule has 0 fully saturated rings. The number of para-hydroxylation sites is 1. The fraction of sp³-hybridized carbons (Fsp3) is 0.211. The second-order valence-corrected chi connectivity index (χ2v) is 7.71. The first-order valence-corrected chi connectivity index (χ1v) is 9.79. The molecule has 0 aliphatic carbocycles. The van der Waals surface area contributed by atoms with E-state index in [2.05, 4.69) is 4.98 Å². The number of nitrogens with zero attached hydrogens (tertiary/aromatic N) is 2.